The van der Waals surface area contributed by atoms with Crippen molar-refractivity contribution < 1.29 is 61.2 Å². The molecule has 32 heavy (non-hydrogen) atoms. The van der Waals surface area contributed by atoms with Gasteiger partial charge in [-0.25, -0.2) is 22.6 Å². The molecular formula is C11H18FN2O14P3S. The number of aliphatic hydroxyl groups excluding tert-OH is 1. The van der Waals surface area contributed by atoms with Crippen LogP contribution >= 0.6 is 22.4 Å². The van der Waals surface area contributed by atoms with Crippen LogP contribution in [0, 0.1) is 0 Å². The second-order valence-corrected chi connectivity index (χ2v) is 12.5. The van der Waals surface area contributed by atoms with E-state index >= 15 is 0 Å². The number of phosphoric acid groups is 2. The number of aromatic nitrogens is 2. The molecule has 7 N–H and O–H groups in total. The smallest absolute Gasteiger partial charge is 0.387 e. The van der Waals surface area contributed by atoms with Crippen LogP contribution in [0.1, 0.15) is 13.2 Å². The molecule has 1 saturated heterocycles. The summed E-state index contributed by atoms with van der Waals surface area (Å²) in [4.78, 5) is 61.4. The molecular weight excluding hydrogens is 528 g/mol. The van der Waals surface area contributed by atoms with Gasteiger partial charge in [0.2, 0.25) is 0 Å². The first-order valence-corrected chi connectivity index (χ1v) is 13.7. The van der Waals surface area contributed by atoms with Crippen LogP contribution in [0.4, 0.5) is 4.39 Å². The van der Waals surface area contributed by atoms with Crippen LogP contribution in [0.5, 0.6) is 0 Å². The van der Waals surface area contributed by atoms with Crippen LogP contribution in [0.2, 0.25) is 0 Å². The summed E-state index contributed by atoms with van der Waals surface area (Å²) in [7, 11) is -11.2. The molecule has 2 unspecified atom stereocenters. The molecule has 21 heteroatoms. The number of nitrogens with zero attached hydrogens (tertiary/aromatic N) is 1. The van der Waals surface area contributed by atoms with Gasteiger partial charge in [0, 0.05) is 12.3 Å². The molecule has 0 saturated carbocycles. The number of ether oxygens (including phenoxy) is 1. The molecule has 1 fully saturated rings. The van der Waals surface area contributed by atoms with E-state index in [9.17, 15) is 43.1 Å². The monoisotopic (exact) mass is 546 g/mol. The van der Waals surface area contributed by atoms with Crippen LogP contribution < -0.4 is 11.2 Å². The third kappa shape index (κ3) is 6.25. The largest absolute Gasteiger partial charge is 0.488 e. The number of H-pyrrole nitrogens is 1. The SMILES string of the molecule is C[C@@]1(O)[C@H](O)[C@@](CF)(COP(O)(=S)OP(=O)(O)OP(=O)(O)O)O[C@H]1n1ccc(=O)[nH]c1=O. The average molecular weight is 546 g/mol. The zero-order valence-electron chi connectivity index (χ0n) is 15.7. The second-order valence-electron chi connectivity index (χ2n) is 6.68. The number of aliphatic hydroxyl groups is 2. The van der Waals surface area contributed by atoms with Gasteiger partial charge < -0.3 is 39.0 Å². The topological polar surface area (TPSA) is 247 Å². The Hall–Kier alpha value is -0.680. The lowest BCUT2D eigenvalue weighted by molar-refractivity contribution is -0.136. The number of halogens is 1. The van der Waals surface area contributed by atoms with E-state index in [-0.39, 0.29) is 0 Å². The minimum atomic E-state index is -5.66. The summed E-state index contributed by atoms with van der Waals surface area (Å²) in [5.41, 5.74) is -6.79. The quantitative estimate of drug-likeness (QED) is 0.171. The Morgan fingerprint density at radius 1 is 1.28 bits per heavy atom. The lowest BCUT2D eigenvalue weighted by Crippen LogP contribution is -2.53. The van der Waals surface area contributed by atoms with E-state index in [2.05, 4.69) is 25.0 Å². The van der Waals surface area contributed by atoms with E-state index in [0.717, 1.165) is 19.2 Å². The van der Waals surface area contributed by atoms with Crippen molar-refractivity contribution in [1.29, 1.82) is 0 Å². The Kier molecular flexibility index (Phi) is 7.90. The Labute approximate surface area is 182 Å². The van der Waals surface area contributed by atoms with Crippen molar-refractivity contribution in [3.8, 4) is 0 Å². The van der Waals surface area contributed by atoms with Gasteiger partial charge in [-0.15, -0.1) is 0 Å². The van der Waals surface area contributed by atoms with Crippen molar-refractivity contribution in [1.82, 2.24) is 9.55 Å². The van der Waals surface area contributed by atoms with Crippen LogP contribution in [0.25, 0.3) is 0 Å². The summed E-state index contributed by atoms with van der Waals surface area (Å²) in [6.07, 6.45) is -3.06. The zero-order valence-corrected chi connectivity index (χ0v) is 19.2. The summed E-state index contributed by atoms with van der Waals surface area (Å²) in [6, 6.07) is 0.875. The van der Waals surface area contributed by atoms with Crippen molar-refractivity contribution in [2.24, 2.45) is 0 Å². The number of nitrogens with one attached hydrogen (secondary N) is 1. The van der Waals surface area contributed by atoms with Gasteiger partial charge in [0.25, 0.3) is 5.56 Å². The minimum absolute atomic E-state index is 0.628. The summed E-state index contributed by atoms with van der Waals surface area (Å²) < 4.78 is 54.2. The molecule has 0 aliphatic carbocycles. The maximum absolute atomic E-state index is 13.9. The molecule has 0 spiro atoms. The number of hydrogen-bond acceptors (Lipinski definition) is 11. The third-order valence-electron chi connectivity index (χ3n) is 4.12. The first-order chi connectivity index (χ1) is 14.3. The Morgan fingerprint density at radius 2 is 1.88 bits per heavy atom. The molecule has 0 radical (unpaired) electrons. The second kappa shape index (κ2) is 9.17. The highest BCUT2D eigenvalue weighted by Gasteiger charge is 2.62. The number of hydrogen-bond donors (Lipinski definition) is 7. The highest BCUT2D eigenvalue weighted by molar-refractivity contribution is 8.08. The van der Waals surface area contributed by atoms with Gasteiger partial charge in [0.1, 0.15) is 18.4 Å². The molecule has 0 aromatic carbocycles. The summed E-state index contributed by atoms with van der Waals surface area (Å²) in [6.45, 7) is -6.79. The Balaban J connectivity index is 2.28. The first-order valence-electron chi connectivity index (χ1n) is 8.08. The number of rotatable bonds is 9. The fourth-order valence-electron chi connectivity index (χ4n) is 2.77. The first kappa shape index (κ1) is 27.6. The van der Waals surface area contributed by atoms with E-state index < -0.39 is 70.4 Å². The van der Waals surface area contributed by atoms with Gasteiger partial charge in [0.05, 0.1) is 6.61 Å². The maximum atomic E-state index is 13.9. The molecule has 2 rings (SSSR count). The Bertz CT molecular complexity index is 1120. The standard InChI is InChI=1S/C11H18FN2O14P3S/c1-10(18)7(16)11(4-12,26-8(10)14-3-2-6(15)13-9(14)17)5-25-31(24,32)28-30(22,23)27-29(19,20)21/h2-3,7-8,16,18H,4-5H2,1H3,(H,22,23)(H,24,32)(H,13,15,17)(H2,19,20,21)/t7-,8+,10+,11+,31?/m0/s1. The van der Waals surface area contributed by atoms with Gasteiger partial charge >= 0.3 is 28.1 Å². The van der Waals surface area contributed by atoms with E-state index in [1.54, 1.807) is 0 Å². The fraction of sp³-hybridized carbons (Fsp3) is 0.636. The van der Waals surface area contributed by atoms with Crippen LogP contribution in [-0.2, 0) is 38.8 Å². The average Bonchev–Trinajstić information content (AvgIpc) is 2.78. The summed E-state index contributed by atoms with van der Waals surface area (Å²) in [5, 5.41) is 21.1. The molecule has 1 aliphatic rings. The van der Waals surface area contributed by atoms with Crippen molar-refractivity contribution in [3.63, 3.8) is 0 Å². The molecule has 1 aliphatic heterocycles. The van der Waals surface area contributed by atoms with E-state index in [4.69, 9.17) is 14.5 Å². The van der Waals surface area contributed by atoms with Gasteiger partial charge in [-0.05, 0) is 18.7 Å². The zero-order chi connectivity index (χ0) is 24.8. The minimum Gasteiger partial charge on any atom is -0.387 e. The van der Waals surface area contributed by atoms with Crippen molar-refractivity contribution in [2.45, 2.75) is 30.5 Å². The van der Waals surface area contributed by atoms with E-state index in [0.29, 0.717) is 4.57 Å². The predicted octanol–water partition coefficient (Wildman–Crippen LogP) is -1.65. The number of aromatic amines is 1. The van der Waals surface area contributed by atoms with Crippen molar-refractivity contribution in [2.75, 3.05) is 13.3 Å². The summed E-state index contributed by atoms with van der Waals surface area (Å²) in [5.74, 6) is 0. The molecule has 1 aromatic rings. The molecule has 16 nitrogen and oxygen atoms in total. The van der Waals surface area contributed by atoms with Crippen LogP contribution in [-0.4, -0.2) is 69.9 Å². The number of alkyl halides is 1. The third-order valence-corrected chi connectivity index (χ3v) is 8.82. The molecule has 0 amide bonds. The maximum Gasteiger partial charge on any atom is 0.488 e. The predicted molar refractivity (Wildman–Crippen MR) is 103 cm³/mol. The van der Waals surface area contributed by atoms with Gasteiger partial charge in [0.15, 0.2) is 11.8 Å². The molecule has 2 heterocycles. The van der Waals surface area contributed by atoms with Gasteiger partial charge in [-0.2, -0.15) is 4.31 Å². The van der Waals surface area contributed by atoms with Gasteiger partial charge in [-0.1, -0.05) is 0 Å². The summed E-state index contributed by atoms with van der Waals surface area (Å²) >= 11 is 4.41. The van der Waals surface area contributed by atoms with Crippen LogP contribution in [0.3, 0.4) is 0 Å². The van der Waals surface area contributed by atoms with Gasteiger partial charge in [-0.3, -0.25) is 14.3 Å². The molecule has 0 bridgehead atoms. The normalized spacial score (nSPS) is 32.4. The lowest BCUT2D eigenvalue weighted by Gasteiger charge is -2.31. The lowest BCUT2D eigenvalue weighted by atomic mass is 9.88. The van der Waals surface area contributed by atoms with E-state index in [1.165, 1.54) is 0 Å². The van der Waals surface area contributed by atoms with Crippen molar-refractivity contribution >= 4 is 34.2 Å². The van der Waals surface area contributed by atoms with E-state index in [1.807, 2.05) is 4.98 Å². The molecule has 6 atom stereocenters. The van der Waals surface area contributed by atoms with Crippen LogP contribution in [0.15, 0.2) is 21.9 Å². The Morgan fingerprint density at radius 3 is 2.38 bits per heavy atom. The van der Waals surface area contributed by atoms with Crippen molar-refractivity contribution in [3.05, 3.63) is 33.1 Å². The fourth-order valence-corrected chi connectivity index (χ4v) is 6.77. The molecule has 184 valence electrons. The highest BCUT2D eigenvalue weighted by atomic mass is 32.5. The highest BCUT2D eigenvalue weighted by Crippen LogP contribution is 2.66. The molecule has 1 aromatic heterocycles.